The lowest BCUT2D eigenvalue weighted by molar-refractivity contribution is -0.293. The molecule has 6 rings (SSSR count). The summed E-state index contributed by atoms with van der Waals surface area (Å²) in [7, 11) is 0. The maximum Gasteiger partial charge on any atom is 0.410 e. The zero-order valence-corrected chi connectivity index (χ0v) is 22.2. The maximum absolute atomic E-state index is 12.6. The van der Waals surface area contributed by atoms with Gasteiger partial charge in [-0.15, -0.1) is 0 Å². The van der Waals surface area contributed by atoms with Crippen molar-refractivity contribution in [2.75, 3.05) is 37.7 Å². The molecule has 4 amide bonds. The predicted octanol–water partition coefficient (Wildman–Crippen LogP) is 4.45. The Labute approximate surface area is 232 Å². The molecule has 10 heteroatoms. The van der Waals surface area contributed by atoms with Crippen LogP contribution in [0, 0.1) is 0 Å². The second-order valence-corrected chi connectivity index (χ2v) is 10.4. The lowest BCUT2D eigenvalue weighted by Crippen LogP contribution is -2.53. The van der Waals surface area contributed by atoms with Crippen LogP contribution in [-0.4, -0.2) is 66.1 Å². The SMILES string of the molecule is C=Cc1cn(C2COC3(CCN(C(=O)OCc4ccccc4)CC3)OC2)c2ccc(N3CCC(=O)NC3=O)cc12. The van der Waals surface area contributed by atoms with Crippen LogP contribution in [0.2, 0.25) is 0 Å². The van der Waals surface area contributed by atoms with E-state index in [-0.39, 0.29) is 31.1 Å². The van der Waals surface area contributed by atoms with Crippen LogP contribution in [0.25, 0.3) is 17.0 Å². The van der Waals surface area contributed by atoms with Crippen LogP contribution >= 0.6 is 0 Å². The smallest absolute Gasteiger partial charge is 0.410 e. The van der Waals surface area contributed by atoms with Gasteiger partial charge in [0.2, 0.25) is 5.91 Å². The Bertz CT molecular complexity index is 1430. The first-order valence-corrected chi connectivity index (χ1v) is 13.6. The summed E-state index contributed by atoms with van der Waals surface area (Å²) >= 11 is 0. The molecule has 0 saturated carbocycles. The molecule has 1 aromatic heterocycles. The number of piperidine rings is 1. The van der Waals surface area contributed by atoms with Gasteiger partial charge in [-0.05, 0) is 29.3 Å². The Morgan fingerprint density at radius 1 is 1.07 bits per heavy atom. The first kappa shape index (κ1) is 26.1. The summed E-state index contributed by atoms with van der Waals surface area (Å²) in [4.78, 5) is 39.8. The highest BCUT2D eigenvalue weighted by atomic mass is 16.7. The largest absolute Gasteiger partial charge is 0.445 e. The van der Waals surface area contributed by atoms with Crippen LogP contribution in [-0.2, 0) is 25.6 Å². The summed E-state index contributed by atoms with van der Waals surface area (Å²) < 4.78 is 20.3. The quantitative estimate of drug-likeness (QED) is 0.509. The van der Waals surface area contributed by atoms with Crippen molar-refractivity contribution in [2.24, 2.45) is 0 Å². The van der Waals surface area contributed by atoms with E-state index >= 15 is 0 Å². The highest BCUT2D eigenvalue weighted by Gasteiger charge is 2.42. The molecular formula is C30H32N4O6. The van der Waals surface area contributed by atoms with E-state index in [1.165, 1.54) is 0 Å². The summed E-state index contributed by atoms with van der Waals surface area (Å²) in [6.07, 6.45) is 4.92. The number of rotatable bonds is 5. The van der Waals surface area contributed by atoms with E-state index in [0.29, 0.717) is 45.7 Å². The molecule has 3 saturated heterocycles. The van der Waals surface area contributed by atoms with E-state index < -0.39 is 11.8 Å². The molecule has 1 spiro atoms. The van der Waals surface area contributed by atoms with Crippen molar-refractivity contribution in [3.8, 4) is 0 Å². The number of hydrogen-bond acceptors (Lipinski definition) is 6. The van der Waals surface area contributed by atoms with E-state index in [0.717, 1.165) is 27.7 Å². The number of nitrogens with zero attached hydrogens (tertiary/aromatic N) is 3. The topological polar surface area (TPSA) is 102 Å². The zero-order chi connectivity index (χ0) is 27.7. The first-order chi connectivity index (χ1) is 19.4. The van der Waals surface area contributed by atoms with Crippen molar-refractivity contribution >= 4 is 40.7 Å². The normalized spacial score (nSPS) is 19.6. The summed E-state index contributed by atoms with van der Waals surface area (Å²) in [6.45, 7) is 6.51. The van der Waals surface area contributed by atoms with Gasteiger partial charge in [-0.25, -0.2) is 9.59 Å². The fraction of sp³-hybridized carbons (Fsp3) is 0.367. The average molecular weight is 545 g/mol. The number of nitrogens with one attached hydrogen (secondary N) is 1. The van der Waals surface area contributed by atoms with E-state index in [1.807, 2.05) is 54.7 Å². The number of fused-ring (bicyclic) bond motifs is 1. The van der Waals surface area contributed by atoms with Gasteiger partial charge in [0.1, 0.15) is 6.61 Å². The molecule has 2 aromatic carbocycles. The number of carbonyl (C=O) groups is 3. The number of hydrogen-bond donors (Lipinski definition) is 1. The van der Waals surface area contributed by atoms with Crippen molar-refractivity contribution in [1.82, 2.24) is 14.8 Å². The molecule has 208 valence electrons. The van der Waals surface area contributed by atoms with Crippen LogP contribution < -0.4 is 10.2 Å². The van der Waals surface area contributed by atoms with Crippen LogP contribution in [0.5, 0.6) is 0 Å². The van der Waals surface area contributed by atoms with E-state index in [2.05, 4.69) is 16.5 Å². The van der Waals surface area contributed by atoms with Crippen molar-refractivity contribution < 1.29 is 28.6 Å². The molecule has 10 nitrogen and oxygen atoms in total. The molecule has 4 heterocycles. The van der Waals surface area contributed by atoms with Gasteiger partial charge in [-0.1, -0.05) is 43.0 Å². The molecule has 0 unspecified atom stereocenters. The molecular weight excluding hydrogens is 512 g/mol. The van der Waals surface area contributed by atoms with Gasteiger partial charge in [0.15, 0.2) is 5.79 Å². The van der Waals surface area contributed by atoms with Gasteiger partial charge in [0.05, 0.1) is 19.3 Å². The number of benzene rings is 2. The number of amides is 4. The second kappa shape index (κ2) is 10.8. The number of aromatic nitrogens is 1. The van der Waals surface area contributed by atoms with Crippen LogP contribution in [0.1, 0.15) is 36.4 Å². The molecule has 3 aromatic rings. The predicted molar refractivity (Wildman–Crippen MR) is 149 cm³/mol. The Morgan fingerprint density at radius 3 is 2.52 bits per heavy atom. The number of urea groups is 1. The summed E-state index contributed by atoms with van der Waals surface area (Å²) in [6, 6.07) is 15.0. The van der Waals surface area contributed by atoms with Crippen LogP contribution in [0.3, 0.4) is 0 Å². The number of carbonyl (C=O) groups excluding carboxylic acids is 3. The minimum Gasteiger partial charge on any atom is -0.445 e. The Kier molecular flexibility index (Phi) is 7.03. The number of imide groups is 1. The summed E-state index contributed by atoms with van der Waals surface area (Å²) in [5.41, 5.74) is 3.60. The van der Waals surface area contributed by atoms with E-state index in [1.54, 1.807) is 15.9 Å². The van der Waals surface area contributed by atoms with E-state index in [9.17, 15) is 14.4 Å². The number of likely N-dealkylation sites (tertiary alicyclic amines) is 1. The fourth-order valence-electron chi connectivity index (χ4n) is 5.59. The molecule has 3 fully saturated rings. The summed E-state index contributed by atoms with van der Waals surface area (Å²) in [5, 5.41) is 3.33. The van der Waals surface area contributed by atoms with Gasteiger partial charge < -0.3 is 23.7 Å². The van der Waals surface area contributed by atoms with E-state index in [4.69, 9.17) is 14.2 Å². The molecule has 0 atom stereocenters. The van der Waals surface area contributed by atoms with Gasteiger partial charge in [-0.2, -0.15) is 0 Å². The third kappa shape index (κ3) is 5.07. The van der Waals surface area contributed by atoms with Crippen molar-refractivity contribution in [3.63, 3.8) is 0 Å². The number of anilines is 1. The average Bonchev–Trinajstić information content (AvgIpc) is 3.35. The Morgan fingerprint density at radius 2 is 1.82 bits per heavy atom. The lowest BCUT2D eigenvalue weighted by atomic mass is 10.0. The standard InChI is InChI=1S/C30H32N4O6/c1-2-22-17-34(26-9-8-23(16-25(22)26)33-13-10-27(35)31-28(33)36)24-19-39-30(40-20-24)11-14-32(15-12-30)29(37)38-18-21-6-4-3-5-7-21/h2-9,16-17,24H,1,10-15,18-20H2,(H,31,35,36). The van der Waals surface area contributed by atoms with Gasteiger partial charge in [-0.3, -0.25) is 15.0 Å². The minimum atomic E-state index is -0.705. The summed E-state index contributed by atoms with van der Waals surface area (Å²) in [5.74, 6) is -0.965. The monoisotopic (exact) mass is 544 g/mol. The second-order valence-electron chi connectivity index (χ2n) is 10.4. The van der Waals surface area contributed by atoms with Crippen LogP contribution in [0.15, 0.2) is 61.3 Å². The van der Waals surface area contributed by atoms with Gasteiger partial charge >= 0.3 is 12.1 Å². The van der Waals surface area contributed by atoms with Crippen LogP contribution in [0.4, 0.5) is 15.3 Å². The molecule has 0 radical (unpaired) electrons. The zero-order valence-electron chi connectivity index (χ0n) is 22.2. The highest BCUT2D eigenvalue weighted by molar-refractivity contribution is 6.06. The molecule has 40 heavy (non-hydrogen) atoms. The van der Waals surface area contributed by atoms with Crippen molar-refractivity contribution in [1.29, 1.82) is 0 Å². The minimum absolute atomic E-state index is 0.0440. The first-order valence-electron chi connectivity index (χ1n) is 13.6. The third-order valence-corrected chi connectivity index (χ3v) is 7.89. The molecule has 0 aliphatic carbocycles. The lowest BCUT2D eigenvalue weighted by Gasteiger charge is -2.45. The Hall–Kier alpha value is -4.15. The fourth-order valence-corrected chi connectivity index (χ4v) is 5.59. The highest BCUT2D eigenvalue weighted by Crippen LogP contribution is 2.36. The van der Waals surface area contributed by atoms with Gasteiger partial charge in [0, 0.05) is 61.7 Å². The molecule has 3 aliphatic rings. The molecule has 1 N–H and O–H groups in total. The van der Waals surface area contributed by atoms with Gasteiger partial charge in [0.25, 0.3) is 0 Å². The molecule has 3 aliphatic heterocycles. The molecule has 0 bridgehead atoms. The third-order valence-electron chi connectivity index (χ3n) is 7.89. The number of ether oxygens (including phenoxy) is 3. The van der Waals surface area contributed by atoms with Crippen molar-refractivity contribution in [3.05, 3.63) is 72.4 Å². The Balaban J connectivity index is 1.08. The van der Waals surface area contributed by atoms with Crippen molar-refractivity contribution in [2.45, 2.75) is 37.7 Å². The maximum atomic E-state index is 12.6.